The smallest absolute Gasteiger partial charge is 0.339 e. The van der Waals surface area contributed by atoms with Crippen molar-refractivity contribution in [3.05, 3.63) is 0 Å². The summed E-state index contributed by atoms with van der Waals surface area (Å²) in [5.41, 5.74) is -2.42. The summed E-state index contributed by atoms with van der Waals surface area (Å²) in [6, 6.07) is 0. The highest BCUT2D eigenvalue weighted by Gasteiger charge is 2.51. The van der Waals surface area contributed by atoms with Crippen LogP contribution < -0.4 is 0 Å². The SMILES string of the molecule is CCCCCCC(C(=O)OCC)C(O)(CC(=O)O)C(=O)OCC. The van der Waals surface area contributed by atoms with Gasteiger partial charge in [-0.15, -0.1) is 0 Å². The van der Waals surface area contributed by atoms with Crippen LogP contribution in [-0.2, 0) is 23.9 Å². The van der Waals surface area contributed by atoms with Crippen LogP contribution in [0.4, 0.5) is 0 Å². The number of rotatable bonds is 12. The molecule has 7 heteroatoms. The maximum Gasteiger partial charge on any atom is 0.339 e. The number of carboxylic acids is 1. The van der Waals surface area contributed by atoms with E-state index in [0.717, 1.165) is 19.3 Å². The molecule has 0 rings (SSSR count). The first kappa shape index (κ1) is 21.4. The number of ether oxygens (including phenoxy) is 2. The van der Waals surface area contributed by atoms with Crippen molar-refractivity contribution in [1.29, 1.82) is 0 Å². The van der Waals surface area contributed by atoms with Gasteiger partial charge in [0, 0.05) is 0 Å². The normalized spacial score (nSPS) is 14.6. The molecule has 0 aromatic carbocycles. The van der Waals surface area contributed by atoms with Crippen molar-refractivity contribution >= 4 is 17.9 Å². The summed E-state index contributed by atoms with van der Waals surface area (Å²) in [6.07, 6.45) is 2.61. The van der Waals surface area contributed by atoms with Gasteiger partial charge in [0.05, 0.1) is 25.6 Å². The average molecular weight is 332 g/mol. The van der Waals surface area contributed by atoms with Crippen molar-refractivity contribution in [2.45, 2.75) is 64.9 Å². The van der Waals surface area contributed by atoms with E-state index in [9.17, 15) is 19.5 Å². The monoisotopic (exact) mass is 332 g/mol. The number of unbranched alkanes of at least 4 members (excludes halogenated alkanes) is 3. The number of esters is 2. The van der Waals surface area contributed by atoms with Crippen molar-refractivity contribution in [3.8, 4) is 0 Å². The number of carbonyl (C=O) groups excluding carboxylic acids is 2. The Hall–Kier alpha value is -1.63. The van der Waals surface area contributed by atoms with Crippen LogP contribution in [0.2, 0.25) is 0 Å². The zero-order valence-corrected chi connectivity index (χ0v) is 14.2. The van der Waals surface area contributed by atoms with Gasteiger partial charge in [-0.05, 0) is 20.3 Å². The lowest BCUT2D eigenvalue weighted by Gasteiger charge is -2.31. The second kappa shape index (κ2) is 11.0. The third-order valence-corrected chi connectivity index (χ3v) is 3.54. The van der Waals surface area contributed by atoms with E-state index in [-0.39, 0.29) is 19.6 Å². The Morgan fingerprint density at radius 3 is 2.09 bits per heavy atom. The van der Waals surface area contributed by atoms with Crippen molar-refractivity contribution < 1.29 is 34.1 Å². The van der Waals surface area contributed by atoms with Crippen molar-refractivity contribution in [3.63, 3.8) is 0 Å². The first-order valence-corrected chi connectivity index (χ1v) is 8.11. The molecule has 0 spiro atoms. The maximum atomic E-state index is 12.2. The van der Waals surface area contributed by atoms with Gasteiger partial charge in [0.1, 0.15) is 0 Å². The summed E-state index contributed by atoms with van der Waals surface area (Å²) >= 11 is 0. The van der Waals surface area contributed by atoms with E-state index >= 15 is 0 Å². The molecule has 0 fully saturated rings. The Morgan fingerprint density at radius 2 is 1.61 bits per heavy atom. The summed E-state index contributed by atoms with van der Waals surface area (Å²) in [7, 11) is 0. The molecule has 0 saturated heterocycles. The molecule has 2 atom stereocenters. The molecular weight excluding hydrogens is 304 g/mol. The minimum absolute atomic E-state index is 0.0217. The van der Waals surface area contributed by atoms with E-state index in [1.165, 1.54) is 0 Å². The van der Waals surface area contributed by atoms with Crippen LogP contribution in [0, 0.1) is 5.92 Å². The molecule has 0 heterocycles. The molecule has 2 N–H and O–H groups in total. The third-order valence-electron chi connectivity index (χ3n) is 3.54. The van der Waals surface area contributed by atoms with Crippen LogP contribution in [0.1, 0.15) is 59.3 Å². The summed E-state index contributed by atoms with van der Waals surface area (Å²) < 4.78 is 9.70. The minimum Gasteiger partial charge on any atom is -0.481 e. The molecule has 0 aliphatic heterocycles. The van der Waals surface area contributed by atoms with E-state index in [2.05, 4.69) is 0 Å². The Labute approximate surface area is 137 Å². The van der Waals surface area contributed by atoms with Crippen LogP contribution in [0.3, 0.4) is 0 Å². The average Bonchev–Trinajstić information content (AvgIpc) is 2.46. The Kier molecular flexibility index (Phi) is 10.2. The summed E-state index contributed by atoms with van der Waals surface area (Å²) in [5, 5.41) is 19.7. The number of aliphatic hydroxyl groups is 1. The van der Waals surface area contributed by atoms with Gasteiger partial charge in [-0.3, -0.25) is 9.59 Å². The van der Waals surface area contributed by atoms with Gasteiger partial charge in [0.2, 0.25) is 0 Å². The molecule has 7 nitrogen and oxygen atoms in total. The van der Waals surface area contributed by atoms with Gasteiger partial charge >= 0.3 is 17.9 Å². The van der Waals surface area contributed by atoms with E-state index in [0.29, 0.717) is 6.42 Å². The first-order chi connectivity index (χ1) is 10.8. The lowest BCUT2D eigenvalue weighted by Crippen LogP contribution is -2.52. The number of aliphatic carboxylic acids is 1. The highest BCUT2D eigenvalue weighted by molar-refractivity contribution is 5.91. The molecule has 0 saturated carbocycles. The van der Waals surface area contributed by atoms with E-state index in [4.69, 9.17) is 14.6 Å². The molecule has 0 aliphatic rings. The standard InChI is InChI=1S/C16H28O7/c1-4-7-8-9-10-12(14(19)22-5-2)16(21,11-13(17)18)15(20)23-6-3/h12,21H,4-11H2,1-3H3,(H,17,18). The van der Waals surface area contributed by atoms with Gasteiger partial charge in [-0.2, -0.15) is 0 Å². The lowest BCUT2D eigenvalue weighted by molar-refractivity contribution is -0.185. The summed E-state index contributed by atoms with van der Waals surface area (Å²) in [6.45, 7) is 5.23. The molecule has 0 aromatic rings. The molecule has 0 radical (unpaired) electrons. The predicted octanol–water partition coefficient (Wildman–Crippen LogP) is 1.90. The fraction of sp³-hybridized carbons (Fsp3) is 0.812. The van der Waals surface area contributed by atoms with Crippen LogP contribution in [0.25, 0.3) is 0 Å². The highest BCUT2D eigenvalue weighted by Crippen LogP contribution is 2.30. The van der Waals surface area contributed by atoms with Gasteiger partial charge in [-0.1, -0.05) is 32.6 Å². The number of carboxylic acid groups (broad SMARTS) is 1. The quantitative estimate of drug-likeness (QED) is 0.415. The summed E-state index contributed by atoms with van der Waals surface area (Å²) in [4.78, 5) is 35.3. The topological polar surface area (TPSA) is 110 Å². The molecule has 23 heavy (non-hydrogen) atoms. The number of carbonyl (C=O) groups is 3. The van der Waals surface area contributed by atoms with E-state index in [1.807, 2.05) is 6.92 Å². The second-order valence-corrected chi connectivity index (χ2v) is 5.37. The minimum atomic E-state index is -2.42. The van der Waals surface area contributed by atoms with Crippen LogP contribution in [-0.4, -0.2) is 46.9 Å². The molecule has 2 unspecified atom stereocenters. The van der Waals surface area contributed by atoms with E-state index in [1.54, 1.807) is 13.8 Å². The van der Waals surface area contributed by atoms with Gasteiger partial charge in [0.15, 0.2) is 5.60 Å². The highest BCUT2D eigenvalue weighted by atomic mass is 16.6. The fourth-order valence-corrected chi connectivity index (χ4v) is 2.39. The molecule has 0 amide bonds. The summed E-state index contributed by atoms with van der Waals surface area (Å²) in [5.74, 6) is -4.52. The maximum absolute atomic E-state index is 12.2. The van der Waals surface area contributed by atoms with Crippen molar-refractivity contribution in [2.75, 3.05) is 13.2 Å². The second-order valence-electron chi connectivity index (χ2n) is 5.37. The zero-order chi connectivity index (χ0) is 17.9. The third kappa shape index (κ3) is 6.99. The van der Waals surface area contributed by atoms with Crippen LogP contribution in [0.5, 0.6) is 0 Å². The van der Waals surface area contributed by atoms with Crippen molar-refractivity contribution in [1.82, 2.24) is 0 Å². The van der Waals surface area contributed by atoms with Crippen LogP contribution in [0.15, 0.2) is 0 Å². The van der Waals surface area contributed by atoms with Gasteiger partial charge < -0.3 is 19.7 Å². The van der Waals surface area contributed by atoms with Gasteiger partial charge in [-0.25, -0.2) is 4.79 Å². The molecule has 134 valence electrons. The number of hydrogen-bond acceptors (Lipinski definition) is 6. The van der Waals surface area contributed by atoms with E-state index < -0.39 is 35.8 Å². The lowest BCUT2D eigenvalue weighted by atomic mass is 9.80. The Morgan fingerprint density at radius 1 is 1.00 bits per heavy atom. The largest absolute Gasteiger partial charge is 0.481 e. The zero-order valence-electron chi connectivity index (χ0n) is 14.2. The van der Waals surface area contributed by atoms with Crippen LogP contribution >= 0.6 is 0 Å². The Bertz CT molecular complexity index is 394. The van der Waals surface area contributed by atoms with Crippen molar-refractivity contribution in [2.24, 2.45) is 5.92 Å². The molecule has 0 aliphatic carbocycles. The molecule has 0 aromatic heterocycles. The predicted molar refractivity (Wildman–Crippen MR) is 82.7 cm³/mol. The fourth-order valence-electron chi connectivity index (χ4n) is 2.39. The molecular formula is C16H28O7. The number of hydrogen-bond donors (Lipinski definition) is 2. The first-order valence-electron chi connectivity index (χ1n) is 8.11. The molecule has 0 bridgehead atoms. The van der Waals surface area contributed by atoms with Gasteiger partial charge in [0.25, 0.3) is 0 Å². The Balaban J connectivity index is 5.37.